The molecule has 0 saturated heterocycles. The van der Waals surface area contributed by atoms with Gasteiger partial charge in [0.2, 0.25) is 0 Å². The maximum atomic E-state index is 5.35. The largest absolute Gasteiger partial charge is 0.468 e. The van der Waals surface area contributed by atoms with Crippen LogP contribution in [0.3, 0.4) is 0 Å². The molecule has 0 spiro atoms. The van der Waals surface area contributed by atoms with Crippen molar-refractivity contribution in [2.75, 3.05) is 6.54 Å². The molecule has 1 N–H and O–H groups in total. The molecule has 2 heterocycles. The zero-order valence-electron chi connectivity index (χ0n) is 9.62. The molecule has 86 valence electrons. The van der Waals surface area contributed by atoms with Crippen molar-refractivity contribution in [2.24, 2.45) is 0 Å². The summed E-state index contributed by atoms with van der Waals surface area (Å²) < 4.78 is 5.35. The molecule has 0 aliphatic heterocycles. The van der Waals surface area contributed by atoms with Gasteiger partial charge in [0, 0.05) is 17.6 Å². The summed E-state index contributed by atoms with van der Waals surface area (Å²) in [6.07, 6.45) is 4.73. The van der Waals surface area contributed by atoms with Crippen molar-refractivity contribution in [1.29, 1.82) is 0 Å². The highest BCUT2D eigenvalue weighted by Crippen LogP contribution is 2.12. The molecule has 0 atom stereocenters. The fourth-order valence-electron chi connectivity index (χ4n) is 1.52. The van der Waals surface area contributed by atoms with Crippen LogP contribution in [0.5, 0.6) is 0 Å². The second kappa shape index (κ2) is 5.27. The van der Waals surface area contributed by atoms with Crippen LogP contribution in [0.1, 0.15) is 21.2 Å². The van der Waals surface area contributed by atoms with Crippen LogP contribution in [-0.4, -0.2) is 11.5 Å². The van der Waals surface area contributed by atoms with Crippen LogP contribution in [0.4, 0.5) is 0 Å². The molecule has 2 rings (SSSR count). The molecule has 0 unspecified atom stereocenters. The molecule has 4 heteroatoms. The molecule has 0 aromatic carbocycles. The Labute approximate surface area is 99.5 Å². The third-order valence-corrected chi connectivity index (χ3v) is 3.44. The van der Waals surface area contributed by atoms with Gasteiger partial charge in [0.25, 0.3) is 0 Å². The van der Waals surface area contributed by atoms with E-state index in [4.69, 9.17) is 4.42 Å². The smallest absolute Gasteiger partial charge is 0.120 e. The van der Waals surface area contributed by atoms with E-state index in [-0.39, 0.29) is 0 Å². The molecule has 2 aromatic rings. The summed E-state index contributed by atoms with van der Waals surface area (Å²) in [5.41, 5.74) is 1.21. The number of aromatic nitrogens is 1. The second-order valence-electron chi connectivity index (χ2n) is 3.80. The first-order valence-corrected chi connectivity index (χ1v) is 6.22. The van der Waals surface area contributed by atoms with Crippen molar-refractivity contribution < 1.29 is 4.42 Å². The molecule has 0 amide bonds. The predicted molar refractivity (Wildman–Crippen MR) is 65.7 cm³/mol. The first kappa shape index (κ1) is 11.4. The molecule has 0 fully saturated rings. The zero-order valence-corrected chi connectivity index (χ0v) is 10.4. The van der Waals surface area contributed by atoms with Gasteiger partial charge >= 0.3 is 0 Å². The SMILES string of the molecule is Cc1ncc(CCNCc2occc2C)s1. The lowest BCUT2D eigenvalue weighted by Gasteiger charge is -2.01. The average molecular weight is 236 g/mol. The lowest BCUT2D eigenvalue weighted by atomic mass is 10.3. The van der Waals surface area contributed by atoms with Crippen LogP contribution < -0.4 is 5.32 Å². The van der Waals surface area contributed by atoms with E-state index in [1.54, 1.807) is 17.6 Å². The van der Waals surface area contributed by atoms with Gasteiger partial charge in [-0.25, -0.2) is 4.98 Å². The Kier molecular flexibility index (Phi) is 3.74. The minimum absolute atomic E-state index is 0.802. The molecule has 16 heavy (non-hydrogen) atoms. The summed E-state index contributed by atoms with van der Waals surface area (Å²) in [6, 6.07) is 1.99. The van der Waals surface area contributed by atoms with E-state index >= 15 is 0 Å². The number of aryl methyl sites for hydroxylation is 2. The van der Waals surface area contributed by atoms with Crippen LogP contribution in [-0.2, 0) is 13.0 Å². The van der Waals surface area contributed by atoms with E-state index in [1.165, 1.54) is 10.4 Å². The quantitative estimate of drug-likeness (QED) is 0.811. The second-order valence-corrected chi connectivity index (χ2v) is 5.12. The molecular formula is C12H16N2OS. The lowest BCUT2D eigenvalue weighted by molar-refractivity contribution is 0.481. The minimum atomic E-state index is 0.802. The first-order chi connectivity index (χ1) is 7.75. The molecule has 0 aliphatic carbocycles. The summed E-state index contributed by atoms with van der Waals surface area (Å²) in [5, 5.41) is 4.51. The number of hydrogen-bond donors (Lipinski definition) is 1. The highest BCUT2D eigenvalue weighted by atomic mass is 32.1. The maximum absolute atomic E-state index is 5.35. The van der Waals surface area contributed by atoms with Gasteiger partial charge in [-0.2, -0.15) is 0 Å². The molecule has 0 radical (unpaired) electrons. The number of furan rings is 1. The Balaban J connectivity index is 1.71. The fraction of sp³-hybridized carbons (Fsp3) is 0.417. The monoisotopic (exact) mass is 236 g/mol. The van der Waals surface area contributed by atoms with Crippen LogP contribution in [0, 0.1) is 13.8 Å². The Bertz CT molecular complexity index is 447. The summed E-state index contributed by atoms with van der Waals surface area (Å²) in [7, 11) is 0. The van der Waals surface area contributed by atoms with Gasteiger partial charge in [-0.15, -0.1) is 11.3 Å². The number of nitrogens with one attached hydrogen (secondary N) is 1. The molecular weight excluding hydrogens is 220 g/mol. The van der Waals surface area contributed by atoms with Gasteiger partial charge in [0.1, 0.15) is 5.76 Å². The van der Waals surface area contributed by atoms with Gasteiger partial charge < -0.3 is 9.73 Å². The van der Waals surface area contributed by atoms with E-state index < -0.39 is 0 Å². The lowest BCUT2D eigenvalue weighted by Crippen LogP contribution is -2.16. The third-order valence-electron chi connectivity index (χ3n) is 2.47. The van der Waals surface area contributed by atoms with Crippen molar-refractivity contribution in [3.05, 3.63) is 39.7 Å². The number of thiazole rings is 1. The normalized spacial score (nSPS) is 10.9. The van der Waals surface area contributed by atoms with Crippen molar-refractivity contribution in [3.8, 4) is 0 Å². The zero-order chi connectivity index (χ0) is 11.4. The number of hydrogen-bond acceptors (Lipinski definition) is 4. The van der Waals surface area contributed by atoms with Crippen molar-refractivity contribution >= 4 is 11.3 Å². The Morgan fingerprint density at radius 2 is 2.31 bits per heavy atom. The molecule has 0 bridgehead atoms. The van der Waals surface area contributed by atoms with E-state index in [0.29, 0.717) is 0 Å². The van der Waals surface area contributed by atoms with Crippen LogP contribution >= 0.6 is 11.3 Å². The van der Waals surface area contributed by atoms with Gasteiger partial charge in [0.15, 0.2) is 0 Å². The van der Waals surface area contributed by atoms with Crippen molar-refractivity contribution in [3.63, 3.8) is 0 Å². The Morgan fingerprint density at radius 1 is 1.44 bits per heavy atom. The summed E-state index contributed by atoms with van der Waals surface area (Å²) in [5.74, 6) is 1.03. The average Bonchev–Trinajstić information content (AvgIpc) is 2.83. The maximum Gasteiger partial charge on any atom is 0.120 e. The predicted octanol–water partition coefficient (Wildman–Crippen LogP) is 2.69. The van der Waals surface area contributed by atoms with E-state index in [1.807, 2.05) is 19.2 Å². The van der Waals surface area contributed by atoms with Gasteiger partial charge in [0.05, 0.1) is 17.8 Å². The van der Waals surface area contributed by atoms with Crippen molar-refractivity contribution in [1.82, 2.24) is 10.3 Å². The van der Waals surface area contributed by atoms with Gasteiger partial charge in [-0.3, -0.25) is 0 Å². The van der Waals surface area contributed by atoms with Crippen LogP contribution in [0.25, 0.3) is 0 Å². The molecule has 3 nitrogen and oxygen atoms in total. The Morgan fingerprint density at radius 3 is 2.94 bits per heavy atom. The molecule has 0 saturated carbocycles. The Hall–Kier alpha value is -1.13. The minimum Gasteiger partial charge on any atom is -0.468 e. The van der Waals surface area contributed by atoms with Crippen molar-refractivity contribution in [2.45, 2.75) is 26.8 Å². The van der Waals surface area contributed by atoms with Crippen LogP contribution in [0.2, 0.25) is 0 Å². The summed E-state index contributed by atoms with van der Waals surface area (Å²) in [6.45, 7) is 5.86. The fourth-order valence-corrected chi connectivity index (χ4v) is 2.31. The topological polar surface area (TPSA) is 38.1 Å². The third kappa shape index (κ3) is 2.93. The summed E-state index contributed by atoms with van der Waals surface area (Å²) >= 11 is 1.76. The van der Waals surface area contributed by atoms with Gasteiger partial charge in [-0.1, -0.05) is 0 Å². The molecule has 2 aromatic heterocycles. The van der Waals surface area contributed by atoms with E-state index in [2.05, 4.69) is 17.2 Å². The van der Waals surface area contributed by atoms with E-state index in [0.717, 1.165) is 30.3 Å². The summed E-state index contributed by atoms with van der Waals surface area (Å²) in [4.78, 5) is 5.57. The molecule has 0 aliphatic rings. The highest BCUT2D eigenvalue weighted by molar-refractivity contribution is 7.11. The van der Waals surface area contributed by atoms with Gasteiger partial charge in [-0.05, 0) is 31.9 Å². The standard InChI is InChI=1S/C12H16N2OS/c1-9-4-6-15-12(9)8-13-5-3-11-7-14-10(2)16-11/h4,6-7,13H,3,5,8H2,1-2H3. The van der Waals surface area contributed by atoms with E-state index in [9.17, 15) is 0 Å². The van der Waals surface area contributed by atoms with Crippen LogP contribution in [0.15, 0.2) is 22.9 Å². The first-order valence-electron chi connectivity index (χ1n) is 5.40. The number of rotatable bonds is 5. The highest BCUT2D eigenvalue weighted by Gasteiger charge is 2.01. The number of nitrogens with zero attached hydrogens (tertiary/aromatic N) is 1.